The Balaban J connectivity index is 1.38. The van der Waals surface area contributed by atoms with Gasteiger partial charge in [-0.25, -0.2) is 4.39 Å². The zero-order chi connectivity index (χ0) is 21.3. The standard InChI is InChI=1S/C21H18Cl2FN3O2S/c22-15-2-1-14(18(23)12-15)11-19-20(28)27(21(29)30-19)13-25-7-9-26(10-8-25)17-5-3-16(24)4-6-17/h1-6,11-12H,7-10,13H2/b19-11-. The average molecular weight is 466 g/mol. The van der Waals surface area contributed by atoms with Crippen LogP contribution in [0.1, 0.15) is 5.56 Å². The highest BCUT2D eigenvalue weighted by Crippen LogP contribution is 2.34. The van der Waals surface area contributed by atoms with Crippen molar-refractivity contribution in [3.05, 3.63) is 68.8 Å². The molecule has 2 aromatic rings. The molecule has 0 saturated carbocycles. The number of hydrogen-bond donors (Lipinski definition) is 0. The summed E-state index contributed by atoms with van der Waals surface area (Å²) in [6, 6.07) is 11.4. The summed E-state index contributed by atoms with van der Waals surface area (Å²) in [4.78, 5) is 31.0. The molecule has 0 bridgehead atoms. The van der Waals surface area contributed by atoms with Gasteiger partial charge in [-0.3, -0.25) is 19.4 Å². The van der Waals surface area contributed by atoms with Crippen molar-refractivity contribution in [2.24, 2.45) is 0 Å². The van der Waals surface area contributed by atoms with Crippen LogP contribution in [0.4, 0.5) is 14.9 Å². The fraction of sp³-hybridized carbons (Fsp3) is 0.238. The highest BCUT2D eigenvalue weighted by Gasteiger charge is 2.36. The van der Waals surface area contributed by atoms with E-state index < -0.39 is 0 Å². The first-order chi connectivity index (χ1) is 14.4. The van der Waals surface area contributed by atoms with Crippen LogP contribution in [0, 0.1) is 5.82 Å². The molecule has 2 amide bonds. The number of carbonyl (C=O) groups excluding carboxylic acids is 2. The van der Waals surface area contributed by atoms with E-state index in [2.05, 4.69) is 9.80 Å². The summed E-state index contributed by atoms with van der Waals surface area (Å²) in [5.41, 5.74) is 1.60. The molecule has 2 aliphatic rings. The van der Waals surface area contributed by atoms with E-state index in [9.17, 15) is 14.0 Å². The van der Waals surface area contributed by atoms with Gasteiger partial charge in [0, 0.05) is 41.9 Å². The Morgan fingerprint density at radius 1 is 1.00 bits per heavy atom. The first-order valence-corrected chi connectivity index (χ1v) is 10.9. The number of nitrogens with zero attached hydrogens (tertiary/aromatic N) is 3. The molecule has 2 aromatic carbocycles. The van der Waals surface area contributed by atoms with Crippen LogP contribution >= 0.6 is 35.0 Å². The second-order valence-electron chi connectivity index (χ2n) is 7.00. The van der Waals surface area contributed by atoms with Gasteiger partial charge in [0.25, 0.3) is 11.1 Å². The van der Waals surface area contributed by atoms with Gasteiger partial charge in [0.2, 0.25) is 0 Å². The van der Waals surface area contributed by atoms with Crippen LogP contribution in [-0.2, 0) is 4.79 Å². The van der Waals surface area contributed by atoms with Crippen LogP contribution in [0.15, 0.2) is 47.4 Å². The highest BCUT2D eigenvalue weighted by molar-refractivity contribution is 8.18. The molecule has 0 atom stereocenters. The predicted octanol–water partition coefficient (Wildman–Crippen LogP) is 4.95. The second kappa shape index (κ2) is 8.98. The van der Waals surface area contributed by atoms with Gasteiger partial charge >= 0.3 is 0 Å². The number of rotatable bonds is 4. The zero-order valence-corrected chi connectivity index (χ0v) is 18.2. The molecule has 0 spiro atoms. The maximum atomic E-state index is 13.1. The number of thioether (sulfide) groups is 1. The van der Waals surface area contributed by atoms with Gasteiger partial charge in [-0.2, -0.15) is 0 Å². The Labute approximate surface area is 188 Å². The van der Waals surface area contributed by atoms with E-state index in [1.165, 1.54) is 17.0 Å². The second-order valence-corrected chi connectivity index (χ2v) is 8.84. The fourth-order valence-electron chi connectivity index (χ4n) is 3.38. The summed E-state index contributed by atoms with van der Waals surface area (Å²) in [5, 5.41) is 0.633. The lowest BCUT2D eigenvalue weighted by molar-refractivity contribution is -0.124. The third-order valence-corrected chi connectivity index (χ3v) is 6.50. The van der Waals surface area contributed by atoms with E-state index in [1.807, 2.05) is 0 Å². The van der Waals surface area contributed by atoms with Crippen molar-refractivity contribution in [2.75, 3.05) is 37.7 Å². The molecular formula is C21H18Cl2FN3O2S. The van der Waals surface area contributed by atoms with Crippen molar-refractivity contribution < 1.29 is 14.0 Å². The van der Waals surface area contributed by atoms with Gasteiger partial charge in [0.15, 0.2) is 0 Å². The molecule has 0 aliphatic carbocycles. The summed E-state index contributed by atoms with van der Waals surface area (Å²) >= 11 is 13.0. The maximum absolute atomic E-state index is 13.1. The summed E-state index contributed by atoms with van der Waals surface area (Å²) in [6.07, 6.45) is 1.62. The summed E-state index contributed by atoms with van der Waals surface area (Å²) in [7, 11) is 0. The van der Waals surface area contributed by atoms with E-state index in [4.69, 9.17) is 23.2 Å². The Hall–Kier alpha value is -2.06. The highest BCUT2D eigenvalue weighted by atomic mass is 35.5. The number of carbonyl (C=O) groups is 2. The number of piperazine rings is 1. The van der Waals surface area contributed by atoms with Crippen LogP contribution in [0.3, 0.4) is 0 Å². The average Bonchev–Trinajstić information content (AvgIpc) is 2.99. The van der Waals surface area contributed by atoms with Gasteiger partial charge < -0.3 is 4.90 Å². The van der Waals surface area contributed by atoms with E-state index in [0.29, 0.717) is 33.6 Å². The van der Waals surface area contributed by atoms with Gasteiger partial charge in [-0.15, -0.1) is 0 Å². The Morgan fingerprint density at radius 2 is 1.70 bits per heavy atom. The normalized spacial score (nSPS) is 19.2. The minimum Gasteiger partial charge on any atom is -0.369 e. The first kappa shape index (κ1) is 21.2. The number of amides is 2. The quantitative estimate of drug-likeness (QED) is 0.597. The minimum absolute atomic E-state index is 0.244. The third-order valence-electron chi connectivity index (χ3n) is 5.03. The van der Waals surface area contributed by atoms with Crippen LogP contribution in [0.5, 0.6) is 0 Å². The molecule has 2 aliphatic heterocycles. The summed E-state index contributed by atoms with van der Waals surface area (Å²) in [6.45, 7) is 3.10. The van der Waals surface area contributed by atoms with E-state index in [0.717, 1.165) is 30.5 Å². The van der Waals surface area contributed by atoms with E-state index in [-0.39, 0.29) is 23.6 Å². The predicted molar refractivity (Wildman–Crippen MR) is 119 cm³/mol. The first-order valence-electron chi connectivity index (χ1n) is 9.34. The SMILES string of the molecule is O=C1S/C(=C\c2ccc(Cl)cc2Cl)C(=O)N1CN1CCN(c2ccc(F)cc2)CC1. The molecule has 0 aromatic heterocycles. The molecule has 9 heteroatoms. The van der Waals surface area contributed by atoms with Gasteiger partial charge in [-0.1, -0.05) is 29.3 Å². The molecule has 2 saturated heterocycles. The lowest BCUT2D eigenvalue weighted by Crippen LogP contribution is -2.50. The number of anilines is 1. The topological polar surface area (TPSA) is 43.9 Å². The fourth-order valence-corrected chi connectivity index (χ4v) is 4.67. The van der Waals surface area contributed by atoms with Crippen LogP contribution in [0.25, 0.3) is 6.08 Å². The van der Waals surface area contributed by atoms with Crippen molar-refractivity contribution in [3.8, 4) is 0 Å². The Bertz CT molecular complexity index is 1010. The Morgan fingerprint density at radius 3 is 2.37 bits per heavy atom. The molecule has 30 heavy (non-hydrogen) atoms. The van der Waals surface area contributed by atoms with Gasteiger partial charge in [0.05, 0.1) is 11.6 Å². The number of imide groups is 1. The van der Waals surface area contributed by atoms with E-state index >= 15 is 0 Å². The molecule has 0 radical (unpaired) electrons. The monoisotopic (exact) mass is 465 g/mol. The third kappa shape index (κ3) is 4.64. The van der Waals surface area contributed by atoms with Crippen molar-refractivity contribution >= 4 is 57.9 Å². The van der Waals surface area contributed by atoms with Crippen LogP contribution in [-0.4, -0.2) is 53.8 Å². The lowest BCUT2D eigenvalue weighted by Gasteiger charge is -2.37. The maximum Gasteiger partial charge on any atom is 0.294 e. The molecule has 2 fully saturated rings. The summed E-state index contributed by atoms with van der Waals surface area (Å²) < 4.78 is 13.1. The number of benzene rings is 2. The summed E-state index contributed by atoms with van der Waals surface area (Å²) in [5.74, 6) is -0.582. The minimum atomic E-state index is -0.322. The van der Waals surface area contributed by atoms with Crippen molar-refractivity contribution in [2.45, 2.75) is 0 Å². The van der Waals surface area contributed by atoms with Crippen LogP contribution in [0.2, 0.25) is 10.0 Å². The molecule has 156 valence electrons. The molecule has 0 unspecified atom stereocenters. The van der Waals surface area contributed by atoms with Gasteiger partial charge in [-0.05, 0) is 59.8 Å². The Kier molecular flexibility index (Phi) is 6.34. The molecule has 0 N–H and O–H groups in total. The van der Waals surface area contributed by atoms with Gasteiger partial charge in [0.1, 0.15) is 5.82 Å². The van der Waals surface area contributed by atoms with Crippen molar-refractivity contribution in [1.29, 1.82) is 0 Å². The van der Waals surface area contributed by atoms with E-state index in [1.54, 1.807) is 36.4 Å². The molecule has 5 nitrogen and oxygen atoms in total. The smallest absolute Gasteiger partial charge is 0.294 e. The largest absolute Gasteiger partial charge is 0.369 e. The van der Waals surface area contributed by atoms with Crippen molar-refractivity contribution in [1.82, 2.24) is 9.80 Å². The van der Waals surface area contributed by atoms with Crippen LogP contribution < -0.4 is 4.90 Å². The van der Waals surface area contributed by atoms with Crippen molar-refractivity contribution in [3.63, 3.8) is 0 Å². The zero-order valence-electron chi connectivity index (χ0n) is 15.9. The lowest BCUT2D eigenvalue weighted by atomic mass is 10.2. The molecule has 2 heterocycles. The number of hydrogen-bond acceptors (Lipinski definition) is 5. The molecule has 4 rings (SSSR count). The molecular weight excluding hydrogens is 448 g/mol. The number of halogens is 3.